The van der Waals surface area contributed by atoms with Crippen LogP contribution in [0, 0.1) is 11.3 Å². The molecule has 2 fully saturated rings. The number of hydrogen-bond acceptors (Lipinski definition) is 2. The van der Waals surface area contributed by atoms with Crippen LogP contribution < -0.4 is 4.90 Å². The average molecular weight is 346 g/mol. The lowest BCUT2D eigenvalue weighted by Gasteiger charge is -2.21. The number of nitrogens with zero attached hydrogens (tertiary/aromatic N) is 1. The normalized spacial score (nSPS) is 28.9. The molecule has 3 nitrogen and oxygen atoms in total. The number of piperidine rings is 1. The smallest absolute Gasteiger partial charge is 0.241 e. The van der Waals surface area contributed by atoms with E-state index in [4.69, 9.17) is 23.2 Å². The SMILES string of the molecule is C[C@]12C(=O)N(c3cc(Cl)cc(Cl)c3)C(=O)C1C2c1ccccc1. The summed E-state index contributed by atoms with van der Waals surface area (Å²) in [5.74, 6) is -0.714. The van der Waals surface area contributed by atoms with E-state index < -0.39 is 5.41 Å². The van der Waals surface area contributed by atoms with E-state index in [0.717, 1.165) is 5.56 Å². The molecule has 116 valence electrons. The average Bonchev–Trinajstić information content (AvgIpc) is 3.08. The molecule has 1 aliphatic heterocycles. The number of benzene rings is 2. The molecule has 0 bridgehead atoms. The summed E-state index contributed by atoms with van der Waals surface area (Å²) in [4.78, 5) is 26.9. The van der Waals surface area contributed by atoms with E-state index in [-0.39, 0.29) is 23.7 Å². The number of anilines is 1. The number of amides is 2. The van der Waals surface area contributed by atoms with Crippen molar-refractivity contribution in [1.82, 2.24) is 0 Å². The Bertz CT molecular complexity index is 816. The van der Waals surface area contributed by atoms with E-state index in [2.05, 4.69) is 0 Å². The molecule has 4 rings (SSSR count). The summed E-state index contributed by atoms with van der Waals surface area (Å²) in [6.07, 6.45) is 0. The minimum atomic E-state index is -0.673. The highest BCUT2D eigenvalue weighted by Gasteiger charge is 2.76. The Balaban J connectivity index is 1.72. The van der Waals surface area contributed by atoms with E-state index in [1.54, 1.807) is 18.2 Å². The molecule has 1 aliphatic carbocycles. The Morgan fingerprint density at radius 3 is 2.09 bits per heavy atom. The van der Waals surface area contributed by atoms with Gasteiger partial charge in [0, 0.05) is 16.0 Å². The van der Waals surface area contributed by atoms with Gasteiger partial charge in [0.2, 0.25) is 11.8 Å². The minimum Gasteiger partial charge on any atom is -0.274 e. The van der Waals surface area contributed by atoms with Crippen molar-refractivity contribution in [3.8, 4) is 0 Å². The highest BCUT2D eigenvalue weighted by Crippen LogP contribution is 2.69. The summed E-state index contributed by atoms with van der Waals surface area (Å²) in [6.45, 7) is 1.86. The van der Waals surface area contributed by atoms with Crippen LogP contribution in [-0.4, -0.2) is 11.8 Å². The molecule has 3 atom stereocenters. The van der Waals surface area contributed by atoms with Gasteiger partial charge < -0.3 is 0 Å². The fourth-order valence-electron chi connectivity index (χ4n) is 3.77. The van der Waals surface area contributed by atoms with Crippen molar-refractivity contribution in [1.29, 1.82) is 0 Å². The van der Waals surface area contributed by atoms with Crippen LogP contribution in [0.5, 0.6) is 0 Å². The largest absolute Gasteiger partial charge is 0.274 e. The third kappa shape index (κ3) is 1.97. The summed E-state index contributed by atoms with van der Waals surface area (Å²) in [6, 6.07) is 14.5. The quantitative estimate of drug-likeness (QED) is 0.761. The van der Waals surface area contributed by atoms with Crippen LogP contribution in [0.25, 0.3) is 0 Å². The maximum atomic E-state index is 12.9. The number of carbonyl (C=O) groups is 2. The van der Waals surface area contributed by atoms with Gasteiger partial charge in [-0.1, -0.05) is 53.5 Å². The van der Waals surface area contributed by atoms with E-state index in [1.165, 1.54) is 4.90 Å². The van der Waals surface area contributed by atoms with E-state index in [9.17, 15) is 9.59 Å². The van der Waals surface area contributed by atoms with Crippen molar-refractivity contribution < 1.29 is 9.59 Å². The lowest BCUT2D eigenvalue weighted by Crippen LogP contribution is -2.36. The first-order valence-electron chi connectivity index (χ1n) is 7.34. The summed E-state index contributed by atoms with van der Waals surface area (Å²) < 4.78 is 0. The lowest BCUT2D eigenvalue weighted by atomic mass is 10.00. The predicted molar refractivity (Wildman–Crippen MR) is 89.7 cm³/mol. The number of rotatable bonds is 2. The van der Waals surface area contributed by atoms with Crippen LogP contribution in [0.15, 0.2) is 48.5 Å². The van der Waals surface area contributed by atoms with Crippen molar-refractivity contribution in [3.05, 3.63) is 64.1 Å². The maximum absolute atomic E-state index is 12.9. The zero-order chi connectivity index (χ0) is 16.4. The van der Waals surface area contributed by atoms with Gasteiger partial charge in [-0.25, -0.2) is 4.90 Å². The first kappa shape index (κ1) is 14.7. The van der Waals surface area contributed by atoms with Crippen LogP contribution in [0.2, 0.25) is 10.0 Å². The number of imide groups is 1. The molecule has 1 saturated heterocycles. The molecule has 5 heteroatoms. The summed E-state index contributed by atoms with van der Waals surface area (Å²) in [7, 11) is 0. The molecule has 2 amide bonds. The Hall–Kier alpha value is -1.84. The molecule has 1 heterocycles. The van der Waals surface area contributed by atoms with Crippen molar-refractivity contribution >= 4 is 40.7 Å². The van der Waals surface area contributed by atoms with Crippen LogP contribution in [0.3, 0.4) is 0 Å². The Kier molecular flexibility index (Phi) is 3.09. The van der Waals surface area contributed by atoms with Gasteiger partial charge in [0.05, 0.1) is 17.0 Å². The van der Waals surface area contributed by atoms with Gasteiger partial charge in [-0.2, -0.15) is 0 Å². The topological polar surface area (TPSA) is 37.4 Å². The van der Waals surface area contributed by atoms with Crippen LogP contribution in [-0.2, 0) is 9.59 Å². The monoisotopic (exact) mass is 345 g/mol. The predicted octanol–water partition coefficient (Wildman–Crippen LogP) is 4.29. The molecule has 2 aliphatic rings. The third-order valence-corrected chi connectivity index (χ3v) is 5.37. The first-order valence-corrected chi connectivity index (χ1v) is 8.09. The Morgan fingerprint density at radius 1 is 0.957 bits per heavy atom. The highest BCUT2D eigenvalue weighted by molar-refractivity contribution is 6.36. The number of hydrogen-bond donors (Lipinski definition) is 0. The van der Waals surface area contributed by atoms with Crippen LogP contribution >= 0.6 is 23.2 Å². The molecule has 0 N–H and O–H groups in total. The van der Waals surface area contributed by atoms with Gasteiger partial charge in [-0.05, 0) is 30.7 Å². The maximum Gasteiger partial charge on any atom is 0.241 e. The molecule has 1 saturated carbocycles. The van der Waals surface area contributed by atoms with Gasteiger partial charge in [0.25, 0.3) is 0 Å². The fourth-order valence-corrected chi connectivity index (χ4v) is 4.28. The van der Waals surface area contributed by atoms with Gasteiger partial charge in [0.1, 0.15) is 0 Å². The van der Waals surface area contributed by atoms with Crippen LogP contribution in [0.1, 0.15) is 18.4 Å². The Labute approximate surface area is 143 Å². The summed E-state index contributed by atoms with van der Waals surface area (Å²) >= 11 is 12.0. The molecule has 0 aromatic heterocycles. The van der Waals surface area contributed by atoms with Gasteiger partial charge in [-0.3, -0.25) is 9.59 Å². The Morgan fingerprint density at radius 2 is 1.57 bits per heavy atom. The minimum absolute atomic E-state index is 0.0467. The first-order chi connectivity index (χ1) is 10.9. The summed E-state index contributed by atoms with van der Waals surface area (Å²) in [5.41, 5.74) is 0.802. The van der Waals surface area contributed by atoms with Crippen LogP contribution in [0.4, 0.5) is 5.69 Å². The van der Waals surface area contributed by atoms with Crippen molar-refractivity contribution in [2.75, 3.05) is 4.90 Å². The zero-order valence-electron chi connectivity index (χ0n) is 12.3. The third-order valence-electron chi connectivity index (χ3n) is 4.93. The molecule has 2 unspecified atom stereocenters. The fraction of sp³-hybridized carbons (Fsp3) is 0.222. The standard InChI is InChI=1S/C18H13Cl2NO2/c1-18-14(10-5-3-2-4-6-10)15(18)16(22)21(17(18)23)13-8-11(19)7-12(20)9-13/h2-9,14-15H,1H3/t14?,15?,18-/m1/s1. The van der Waals surface area contributed by atoms with Gasteiger partial charge in [0.15, 0.2) is 0 Å². The molecule has 2 aromatic rings. The zero-order valence-corrected chi connectivity index (χ0v) is 13.8. The van der Waals surface area contributed by atoms with Gasteiger partial charge >= 0.3 is 0 Å². The lowest BCUT2D eigenvalue weighted by molar-refractivity contribution is -0.125. The number of fused-ring (bicyclic) bond motifs is 1. The number of carbonyl (C=O) groups excluding carboxylic acids is 2. The second-order valence-corrected chi connectivity index (χ2v) is 7.13. The molecule has 0 spiro atoms. The second kappa shape index (κ2) is 4.83. The molecule has 0 radical (unpaired) electrons. The molecular weight excluding hydrogens is 333 g/mol. The second-order valence-electron chi connectivity index (χ2n) is 6.26. The van der Waals surface area contributed by atoms with Gasteiger partial charge in [-0.15, -0.1) is 0 Å². The van der Waals surface area contributed by atoms with E-state index in [0.29, 0.717) is 15.7 Å². The number of halogens is 2. The van der Waals surface area contributed by atoms with Crippen molar-refractivity contribution in [3.63, 3.8) is 0 Å². The molecule has 23 heavy (non-hydrogen) atoms. The van der Waals surface area contributed by atoms with Crippen molar-refractivity contribution in [2.24, 2.45) is 11.3 Å². The van der Waals surface area contributed by atoms with Crippen molar-refractivity contribution in [2.45, 2.75) is 12.8 Å². The molecular formula is C18H13Cl2NO2. The molecule has 2 aromatic carbocycles. The highest BCUT2D eigenvalue weighted by atomic mass is 35.5. The van der Waals surface area contributed by atoms with E-state index >= 15 is 0 Å². The summed E-state index contributed by atoms with van der Waals surface area (Å²) in [5, 5.41) is 0.803. The van der Waals surface area contributed by atoms with E-state index in [1.807, 2.05) is 37.3 Å².